The van der Waals surface area contributed by atoms with Crippen molar-refractivity contribution >= 4 is 11.6 Å². The minimum Gasteiger partial charge on any atom is -0.379 e. The molecular formula is C17H23N3O3. The third kappa shape index (κ3) is 2.29. The number of hydrogen-bond acceptors (Lipinski definition) is 5. The summed E-state index contributed by atoms with van der Waals surface area (Å²) >= 11 is 0. The van der Waals surface area contributed by atoms with Gasteiger partial charge in [0.25, 0.3) is 5.91 Å². The van der Waals surface area contributed by atoms with Crippen molar-refractivity contribution in [2.75, 3.05) is 57.9 Å². The lowest BCUT2D eigenvalue weighted by Crippen LogP contribution is -2.66. The molecule has 0 bridgehead atoms. The summed E-state index contributed by atoms with van der Waals surface area (Å²) in [5.74, 6) is 0.0573. The number of ether oxygens (including phenoxy) is 2. The number of nitrogens with zero attached hydrogens (tertiary/aromatic N) is 2. The van der Waals surface area contributed by atoms with E-state index in [0.29, 0.717) is 26.4 Å². The van der Waals surface area contributed by atoms with Crippen LogP contribution >= 0.6 is 0 Å². The predicted molar refractivity (Wildman–Crippen MR) is 86.3 cm³/mol. The molecule has 6 heteroatoms. The van der Waals surface area contributed by atoms with Gasteiger partial charge in [-0.3, -0.25) is 14.6 Å². The topological polar surface area (TPSA) is 54.0 Å². The van der Waals surface area contributed by atoms with Gasteiger partial charge in [-0.1, -0.05) is 17.7 Å². The van der Waals surface area contributed by atoms with Crippen LogP contribution in [-0.4, -0.2) is 68.3 Å². The molecule has 3 aliphatic heterocycles. The molecule has 2 fully saturated rings. The van der Waals surface area contributed by atoms with Gasteiger partial charge in [0.1, 0.15) is 0 Å². The summed E-state index contributed by atoms with van der Waals surface area (Å²) < 4.78 is 11.0. The van der Waals surface area contributed by atoms with Crippen LogP contribution in [-0.2, 0) is 19.9 Å². The minimum atomic E-state index is -0.727. The molecule has 23 heavy (non-hydrogen) atoms. The molecule has 1 aromatic carbocycles. The molecule has 4 rings (SSSR count). The molecular weight excluding hydrogens is 294 g/mol. The molecule has 3 heterocycles. The number of aryl methyl sites for hydroxylation is 1. The quantitative estimate of drug-likeness (QED) is 0.873. The number of fused-ring (bicyclic) bond motifs is 1. The number of amides is 1. The smallest absolute Gasteiger partial charge is 0.264 e. The highest BCUT2D eigenvalue weighted by Gasteiger charge is 2.55. The Morgan fingerprint density at radius 1 is 1.00 bits per heavy atom. The molecule has 0 atom stereocenters. The zero-order chi connectivity index (χ0) is 15.9. The van der Waals surface area contributed by atoms with Crippen molar-refractivity contribution in [1.82, 2.24) is 9.80 Å². The molecule has 0 radical (unpaired) electrons. The molecule has 2 saturated heterocycles. The maximum atomic E-state index is 13.2. The summed E-state index contributed by atoms with van der Waals surface area (Å²) in [6, 6.07) is 6.22. The first kappa shape index (κ1) is 15.1. The zero-order valence-corrected chi connectivity index (χ0v) is 13.5. The van der Waals surface area contributed by atoms with E-state index in [2.05, 4.69) is 28.1 Å². The highest BCUT2D eigenvalue weighted by Crippen LogP contribution is 2.44. The molecule has 0 saturated carbocycles. The van der Waals surface area contributed by atoms with Gasteiger partial charge in [0.15, 0.2) is 5.66 Å². The number of hydrogen-bond donors (Lipinski definition) is 1. The molecule has 1 amide bonds. The van der Waals surface area contributed by atoms with Crippen molar-refractivity contribution in [1.29, 1.82) is 0 Å². The van der Waals surface area contributed by atoms with Gasteiger partial charge in [0.05, 0.1) is 26.4 Å². The first-order valence-electron chi connectivity index (χ1n) is 8.31. The van der Waals surface area contributed by atoms with Crippen LogP contribution in [0.4, 0.5) is 5.69 Å². The highest BCUT2D eigenvalue weighted by molar-refractivity contribution is 6.05. The average Bonchev–Trinajstić information content (AvgIpc) is 2.88. The van der Waals surface area contributed by atoms with Gasteiger partial charge >= 0.3 is 0 Å². The van der Waals surface area contributed by atoms with E-state index in [4.69, 9.17) is 9.47 Å². The Hall–Kier alpha value is -1.47. The maximum absolute atomic E-state index is 13.2. The number of rotatable bonds is 2. The van der Waals surface area contributed by atoms with Gasteiger partial charge in [-0.05, 0) is 13.0 Å². The van der Waals surface area contributed by atoms with Gasteiger partial charge in [0.2, 0.25) is 0 Å². The monoisotopic (exact) mass is 317 g/mol. The summed E-state index contributed by atoms with van der Waals surface area (Å²) in [6.07, 6.45) is 0. The summed E-state index contributed by atoms with van der Waals surface area (Å²) in [5.41, 5.74) is 2.45. The Balaban J connectivity index is 1.85. The molecule has 124 valence electrons. The Morgan fingerprint density at radius 3 is 2.13 bits per heavy atom. The van der Waals surface area contributed by atoms with Crippen LogP contribution in [0.5, 0.6) is 0 Å². The number of carbonyl (C=O) groups is 1. The Bertz CT molecular complexity index is 589. The van der Waals surface area contributed by atoms with Crippen molar-refractivity contribution in [3.63, 3.8) is 0 Å². The molecule has 0 aliphatic carbocycles. The van der Waals surface area contributed by atoms with Crippen molar-refractivity contribution in [3.8, 4) is 0 Å². The number of anilines is 1. The summed E-state index contributed by atoms with van der Waals surface area (Å²) in [7, 11) is 0. The van der Waals surface area contributed by atoms with E-state index in [1.165, 1.54) is 5.56 Å². The second-order valence-electron chi connectivity index (χ2n) is 6.37. The van der Waals surface area contributed by atoms with E-state index in [-0.39, 0.29) is 5.91 Å². The molecule has 3 aliphatic rings. The molecule has 0 unspecified atom stereocenters. The van der Waals surface area contributed by atoms with E-state index in [1.807, 2.05) is 12.1 Å². The number of morpholine rings is 2. The Labute approximate surface area is 136 Å². The van der Waals surface area contributed by atoms with Gasteiger partial charge in [-0.15, -0.1) is 0 Å². The van der Waals surface area contributed by atoms with Crippen LogP contribution < -0.4 is 5.32 Å². The normalized spacial score (nSPS) is 25.2. The fourth-order valence-electron chi connectivity index (χ4n) is 3.99. The average molecular weight is 317 g/mol. The third-order valence-corrected chi connectivity index (χ3v) is 5.05. The fraction of sp³-hybridized carbons (Fsp3) is 0.588. The van der Waals surface area contributed by atoms with Crippen LogP contribution in [0.25, 0.3) is 0 Å². The molecule has 0 aromatic heterocycles. The maximum Gasteiger partial charge on any atom is 0.264 e. The zero-order valence-electron chi connectivity index (χ0n) is 13.5. The minimum absolute atomic E-state index is 0.0573. The highest BCUT2D eigenvalue weighted by atomic mass is 16.5. The van der Waals surface area contributed by atoms with E-state index in [1.54, 1.807) is 0 Å². The number of nitrogens with one attached hydrogen (secondary N) is 1. The number of carbonyl (C=O) groups excluding carboxylic acids is 1. The molecule has 0 spiro atoms. The van der Waals surface area contributed by atoms with E-state index >= 15 is 0 Å². The molecule has 6 nitrogen and oxygen atoms in total. The van der Waals surface area contributed by atoms with Crippen LogP contribution in [0.2, 0.25) is 0 Å². The van der Waals surface area contributed by atoms with Crippen molar-refractivity contribution < 1.29 is 14.3 Å². The van der Waals surface area contributed by atoms with E-state index in [0.717, 1.165) is 37.4 Å². The van der Waals surface area contributed by atoms with Gasteiger partial charge in [-0.25, -0.2) is 0 Å². The van der Waals surface area contributed by atoms with Gasteiger partial charge in [-0.2, -0.15) is 0 Å². The molecule has 1 N–H and O–H groups in total. The van der Waals surface area contributed by atoms with Crippen molar-refractivity contribution in [2.45, 2.75) is 12.6 Å². The lowest BCUT2D eigenvalue weighted by molar-refractivity contribution is -0.160. The first-order chi connectivity index (χ1) is 11.2. The van der Waals surface area contributed by atoms with Crippen LogP contribution in [0.3, 0.4) is 0 Å². The lowest BCUT2D eigenvalue weighted by atomic mass is 9.94. The summed E-state index contributed by atoms with van der Waals surface area (Å²) in [4.78, 5) is 17.7. The van der Waals surface area contributed by atoms with Crippen LogP contribution in [0.1, 0.15) is 11.1 Å². The van der Waals surface area contributed by atoms with Crippen LogP contribution in [0.15, 0.2) is 18.2 Å². The van der Waals surface area contributed by atoms with Crippen LogP contribution in [0, 0.1) is 6.92 Å². The lowest BCUT2D eigenvalue weighted by Gasteiger charge is -2.49. The Morgan fingerprint density at radius 2 is 1.57 bits per heavy atom. The number of benzene rings is 1. The second-order valence-corrected chi connectivity index (χ2v) is 6.37. The van der Waals surface area contributed by atoms with E-state index in [9.17, 15) is 4.79 Å². The van der Waals surface area contributed by atoms with Gasteiger partial charge < -0.3 is 14.8 Å². The largest absolute Gasteiger partial charge is 0.379 e. The third-order valence-electron chi connectivity index (χ3n) is 5.05. The SMILES string of the molecule is Cc1ccc2c(c1)C(N1CCOCC1)(N1CCOCC1)C(=O)N2. The first-order valence-corrected chi connectivity index (χ1v) is 8.31. The summed E-state index contributed by atoms with van der Waals surface area (Å²) in [5, 5.41) is 3.11. The predicted octanol–water partition coefficient (Wildman–Crippen LogP) is 0.764. The van der Waals surface area contributed by atoms with Gasteiger partial charge in [0, 0.05) is 37.4 Å². The summed E-state index contributed by atoms with van der Waals surface area (Å²) in [6.45, 7) is 7.79. The van der Waals surface area contributed by atoms with Crippen molar-refractivity contribution in [2.24, 2.45) is 0 Å². The molecule has 1 aromatic rings. The second kappa shape index (κ2) is 5.87. The van der Waals surface area contributed by atoms with Crippen molar-refractivity contribution in [3.05, 3.63) is 29.3 Å². The van der Waals surface area contributed by atoms with E-state index < -0.39 is 5.66 Å². The fourth-order valence-corrected chi connectivity index (χ4v) is 3.99. The standard InChI is InChI=1S/C17H23N3O3/c1-13-2-3-15-14(12-13)17(16(21)18-15,19-4-8-22-9-5-19)20-6-10-23-11-7-20/h2-3,12H,4-11H2,1H3,(H,18,21). The Kier molecular flexibility index (Phi) is 3.85.